The Morgan fingerprint density at radius 1 is 1.11 bits per heavy atom. The van der Waals surface area contributed by atoms with Crippen molar-refractivity contribution in [3.8, 4) is 0 Å². The maximum Gasteiger partial charge on any atom is 0.343 e. The van der Waals surface area contributed by atoms with Gasteiger partial charge in [0.2, 0.25) is 11.6 Å². The molecule has 0 amide bonds. The third kappa shape index (κ3) is 2.17. The molecule has 0 unspecified atom stereocenters. The van der Waals surface area contributed by atoms with Crippen LogP contribution in [0.3, 0.4) is 0 Å². The van der Waals surface area contributed by atoms with Gasteiger partial charge in [0.25, 0.3) is 0 Å². The molecule has 0 aliphatic heterocycles. The van der Waals surface area contributed by atoms with Gasteiger partial charge in [0, 0.05) is 0 Å². The van der Waals surface area contributed by atoms with Crippen molar-refractivity contribution in [1.82, 2.24) is 0 Å². The molecular formula is C3H7NO5. The van der Waals surface area contributed by atoms with Crippen LogP contribution < -0.4 is 5.73 Å². The first kappa shape index (κ1) is 8.02. The third-order valence-electron chi connectivity index (χ3n) is 0.560. The maximum absolute atomic E-state index is 8.22. The zero-order chi connectivity index (χ0) is 7.65. The van der Waals surface area contributed by atoms with Gasteiger partial charge in [0.15, 0.2) is 0 Å². The van der Waals surface area contributed by atoms with Crippen molar-refractivity contribution in [1.29, 1.82) is 0 Å². The van der Waals surface area contributed by atoms with E-state index in [2.05, 4.69) is 5.73 Å². The molecule has 9 heavy (non-hydrogen) atoms. The van der Waals surface area contributed by atoms with Gasteiger partial charge in [-0.05, 0) is 0 Å². The van der Waals surface area contributed by atoms with E-state index >= 15 is 0 Å². The summed E-state index contributed by atoms with van der Waals surface area (Å²) in [5.41, 5.74) is 4.43. The zero-order valence-electron chi connectivity index (χ0n) is 4.31. The second-order valence-corrected chi connectivity index (χ2v) is 1.37. The Morgan fingerprint density at radius 2 is 1.44 bits per heavy atom. The Bertz CT molecular complexity index is 130. The highest BCUT2D eigenvalue weighted by Gasteiger charge is 2.28. The van der Waals surface area contributed by atoms with Crippen LogP contribution in [0.15, 0.2) is 11.6 Å². The summed E-state index contributed by atoms with van der Waals surface area (Å²) in [6.07, 6.45) is 0. The molecule has 0 rings (SSSR count). The molecule has 6 nitrogen and oxygen atoms in total. The second-order valence-electron chi connectivity index (χ2n) is 1.37. The van der Waals surface area contributed by atoms with Gasteiger partial charge in [-0.2, -0.15) is 0 Å². The maximum atomic E-state index is 8.22. The number of nitrogens with two attached hydrogens (primary N) is 1. The van der Waals surface area contributed by atoms with Crippen LogP contribution in [0.1, 0.15) is 0 Å². The van der Waals surface area contributed by atoms with Crippen LogP contribution in [-0.2, 0) is 0 Å². The van der Waals surface area contributed by atoms with Crippen LogP contribution >= 0.6 is 0 Å². The average Bonchev–Trinajstić information content (AvgIpc) is 1.62. The van der Waals surface area contributed by atoms with E-state index in [1.807, 2.05) is 0 Å². The lowest BCUT2D eigenvalue weighted by molar-refractivity contribution is -0.300. The highest BCUT2D eigenvalue weighted by atomic mass is 16.7. The topological polar surface area (TPSA) is 127 Å². The van der Waals surface area contributed by atoms with E-state index < -0.39 is 17.6 Å². The predicted octanol–water partition coefficient (Wildman–Crippen LogP) is -2.14. The summed E-state index contributed by atoms with van der Waals surface area (Å²) in [4.78, 5) is 0. The minimum absolute atomic E-state index is 1.25. The largest absolute Gasteiger partial charge is 0.501 e. The highest BCUT2D eigenvalue weighted by Crippen LogP contribution is 2.05. The average molecular weight is 137 g/mol. The lowest BCUT2D eigenvalue weighted by Crippen LogP contribution is -2.32. The van der Waals surface area contributed by atoms with Crippen molar-refractivity contribution >= 4 is 0 Å². The van der Waals surface area contributed by atoms with E-state index in [1.165, 1.54) is 0 Å². The molecule has 0 atom stereocenters. The van der Waals surface area contributed by atoms with E-state index in [0.717, 1.165) is 0 Å². The molecule has 0 spiro atoms. The first-order valence-electron chi connectivity index (χ1n) is 1.91. The molecule has 0 saturated carbocycles. The normalized spacial score (nSPS) is 15.0. The Morgan fingerprint density at radius 3 is 1.44 bits per heavy atom. The molecule has 0 aliphatic rings. The van der Waals surface area contributed by atoms with E-state index in [-0.39, 0.29) is 0 Å². The van der Waals surface area contributed by atoms with E-state index in [9.17, 15) is 0 Å². The van der Waals surface area contributed by atoms with Crippen molar-refractivity contribution in [2.75, 3.05) is 0 Å². The minimum atomic E-state index is -3.46. The molecule has 0 heterocycles. The summed E-state index contributed by atoms with van der Waals surface area (Å²) < 4.78 is 0. The van der Waals surface area contributed by atoms with Crippen LogP contribution in [-0.4, -0.2) is 31.5 Å². The second kappa shape index (κ2) is 2.09. The van der Waals surface area contributed by atoms with Gasteiger partial charge in [-0.3, -0.25) is 0 Å². The minimum Gasteiger partial charge on any atom is -0.501 e. The Balaban J connectivity index is 4.40. The smallest absolute Gasteiger partial charge is 0.343 e. The predicted molar refractivity (Wildman–Crippen MR) is 25.9 cm³/mol. The number of aliphatic hydroxyl groups excluding tert-OH is 2. The van der Waals surface area contributed by atoms with E-state index in [4.69, 9.17) is 25.5 Å². The molecule has 0 radical (unpaired) electrons. The van der Waals surface area contributed by atoms with Gasteiger partial charge in [-0.1, -0.05) is 0 Å². The molecular weight excluding hydrogens is 130 g/mol. The van der Waals surface area contributed by atoms with Gasteiger partial charge in [-0.15, -0.1) is 0 Å². The quantitative estimate of drug-likeness (QED) is 0.181. The van der Waals surface area contributed by atoms with Crippen LogP contribution in [0.5, 0.6) is 0 Å². The Hall–Kier alpha value is -0.980. The van der Waals surface area contributed by atoms with Crippen LogP contribution in [0.2, 0.25) is 0 Å². The number of rotatable bonds is 1. The van der Waals surface area contributed by atoms with Crippen LogP contribution in [0, 0.1) is 0 Å². The van der Waals surface area contributed by atoms with Gasteiger partial charge < -0.3 is 31.3 Å². The van der Waals surface area contributed by atoms with E-state index in [1.54, 1.807) is 0 Å². The molecule has 0 aromatic rings. The third-order valence-corrected chi connectivity index (χ3v) is 0.560. The zero-order valence-corrected chi connectivity index (χ0v) is 4.31. The summed E-state index contributed by atoms with van der Waals surface area (Å²) >= 11 is 0. The lowest BCUT2D eigenvalue weighted by Gasteiger charge is -2.11. The fourth-order valence-electron chi connectivity index (χ4n) is 0.172. The summed E-state index contributed by atoms with van der Waals surface area (Å²) in [7, 11) is 0. The number of hydrogen-bond donors (Lipinski definition) is 6. The van der Waals surface area contributed by atoms with Crippen LogP contribution in [0.4, 0.5) is 0 Å². The monoisotopic (exact) mass is 137 g/mol. The lowest BCUT2D eigenvalue weighted by atomic mass is 10.4. The van der Waals surface area contributed by atoms with Crippen molar-refractivity contribution in [3.05, 3.63) is 11.6 Å². The first-order valence-corrected chi connectivity index (χ1v) is 1.91. The molecule has 0 saturated heterocycles. The Kier molecular flexibility index (Phi) is 1.87. The van der Waals surface area contributed by atoms with Crippen molar-refractivity contribution in [3.63, 3.8) is 0 Å². The fraction of sp³-hybridized carbons (Fsp3) is 0.333. The SMILES string of the molecule is NC(O)=C(O)C(O)(O)O. The van der Waals surface area contributed by atoms with E-state index in [0.29, 0.717) is 0 Å². The molecule has 0 aliphatic carbocycles. The summed E-state index contributed by atoms with van der Waals surface area (Å²) in [5.74, 6) is -6.20. The number of hydrogen-bond acceptors (Lipinski definition) is 6. The molecule has 0 bridgehead atoms. The van der Waals surface area contributed by atoms with Gasteiger partial charge >= 0.3 is 5.97 Å². The molecule has 6 heteroatoms. The van der Waals surface area contributed by atoms with Crippen LogP contribution in [0.25, 0.3) is 0 Å². The standard InChI is InChI=1S/C3H7NO5/c4-2(6)1(5)3(7,8)9/h5-9H,4H2. The molecule has 0 aromatic heterocycles. The Labute approximate surface area is 50.1 Å². The summed E-state index contributed by atoms with van der Waals surface area (Å²) in [5, 5.41) is 40.4. The molecule has 7 N–H and O–H groups in total. The molecule has 0 aromatic carbocycles. The van der Waals surface area contributed by atoms with Gasteiger partial charge in [0.05, 0.1) is 0 Å². The fourth-order valence-corrected chi connectivity index (χ4v) is 0.172. The number of aliphatic hydroxyl groups is 5. The summed E-state index contributed by atoms with van der Waals surface area (Å²) in [6.45, 7) is 0. The van der Waals surface area contributed by atoms with Crippen molar-refractivity contribution in [2.45, 2.75) is 5.97 Å². The van der Waals surface area contributed by atoms with Gasteiger partial charge in [0.1, 0.15) is 0 Å². The molecule has 54 valence electrons. The van der Waals surface area contributed by atoms with Crippen molar-refractivity contribution in [2.24, 2.45) is 5.73 Å². The van der Waals surface area contributed by atoms with Gasteiger partial charge in [-0.25, -0.2) is 0 Å². The first-order chi connectivity index (χ1) is 3.85. The highest BCUT2D eigenvalue weighted by molar-refractivity contribution is 4.99. The summed E-state index contributed by atoms with van der Waals surface area (Å²) in [6, 6.07) is 0. The van der Waals surface area contributed by atoms with Crippen molar-refractivity contribution < 1.29 is 25.5 Å². The molecule has 0 fully saturated rings.